The third-order valence-electron chi connectivity index (χ3n) is 2.78. The van der Waals surface area contributed by atoms with Crippen LogP contribution in [0.4, 0.5) is 0 Å². The van der Waals surface area contributed by atoms with Gasteiger partial charge in [0.2, 0.25) is 0 Å². The number of ether oxygens (including phenoxy) is 1. The summed E-state index contributed by atoms with van der Waals surface area (Å²) in [5.74, 6) is 0.765. The number of benzene rings is 1. The first-order chi connectivity index (χ1) is 7.90. The third-order valence-corrected chi connectivity index (χ3v) is 2.78. The molecule has 0 aromatic heterocycles. The van der Waals surface area contributed by atoms with Crippen molar-refractivity contribution >= 4 is 6.21 Å². The van der Waals surface area contributed by atoms with Crippen LogP contribution in [0.2, 0.25) is 0 Å². The molecule has 85 valence electrons. The number of para-hydroxylation sites is 1. The molecule has 0 spiro atoms. The van der Waals surface area contributed by atoms with E-state index < -0.39 is 0 Å². The fourth-order valence-electron chi connectivity index (χ4n) is 1.88. The maximum absolute atomic E-state index is 5.36. The summed E-state index contributed by atoms with van der Waals surface area (Å²) in [4.78, 5) is 5.36. The van der Waals surface area contributed by atoms with Gasteiger partial charge in [-0.05, 0) is 37.8 Å². The Morgan fingerprint density at radius 3 is 2.75 bits per heavy atom. The van der Waals surface area contributed by atoms with Gasteiger partial charge in [0.25, 0.3) is 0 Å². The summed E-state index contributed by atoms with van der Waals surface area (Å²) < 4.78 is 5.19. The largest absolute Gasteiger partial charge is 0.496 e. The molecule has 0 aliphatic heterocycles. The second kappa shape index (κ2) is 5.54. The van der Waals surface area contributed by atoms with Crippen molar-refractivity contribution in [3.63, 3.8) is 0 Å². The zero-order valence-corrected chi connectivity index (χ0v) is 9.48. The summed E-state index contributed by atoms with van der Waals surface area (Å²) in [7, 11) is 1.64. The van der Waals surface area contributed by atoms with E-state index in [9.17, 15) is 0 Å². The van der Waals surface area contributed by atoms with Gasteiger partial charge in [0.05, 0.1) is 7.11 Å². The first-order valence-corrected chi connectivity index (χ1v) is 5.65. The van der Waals surface area contributed by atoms with Crippen molar-refractivity contribution in [2.24, 2.45) is 5.16 Å². The van der Waals surface area contributed by atoms with Gasteiger partial charge in [-0.25, -0.2) is 0 Å². The Morgan fingerprint density at radius 1 is 1.25 bits per heavy atom. The Hall–Kier alpha value is -1.51. The molecule has 0 N–H and O–H groups in total. The molecular weight excluding hydrogens is 202 g/mol. The highest BCUT2D eigenvalue weighted by Gasteiger charge is 2.15. The lowest BCUT2D eigenvalue weighted by Crippen LogP contribution is -2.02. The van der Waals surface area contributed by atoms with Gasteiger partial charge in [0.15, 0.2) is 0 Å². The lowest BCUT2D eigenvalue weighted by molar-refractivity contribution is 0.0657. The van der Waals surface area contributed by atoms with E-state index in [1.165, 1.54) is 12.8 Å². The molecule has 3 heteroatoms. The average molecular weight is 218 g/mol. The maximum atomic E-state index is 5.36. The van der Waals surface area contributed by atoms with Crippen LogP contribution in [0.5, 0.6) is 5.75 Å². The van der Waals surface area contributed by atoms with Gasteiger partial charge in [-0.15, -0.1) is 0 Å². The summed E-state index contributed by atoms with van der Waals surface area (Å²) >= 11 is 0. The topological polar surface area (TPSA) is 30.8 Å². The van der Waals surface area contributed by atoms with Crippen LogP contribution in [-0.2, 0) is 4.84 Å². The van der Waals surface area contributed by atoms with Crippen molar-refractivity contribution in [2.45, 2.75) is 31.8 Å². The van der Waals surface area contributed by atoms with Crippen LogP contribution in [0.25, 0.3) is 0 Å². The van der Waals surface area contributed by atoms with Crippen LogP contribution < -0.4 is 4.74 Å². The highest BCUT2D eigenvalue weighted by Crippen LogP contribution is 2.21. The zero-order valence-electron chi connectivity index (χ0n) is 9.48. The average Bonchev–Trinajstić information content (AvgIpc) is 2.83. The number of rotatable bonds is 4. The molecule has 0 amide bonds. The molecule has 3 nitrogen and oxygen atoms in total. The summed E-state index contributed by atoms with van der Waals surface area (Å²) in [5.41, 5.74) is 0.822. The first-order valence-electron chi connectivity index (χ1n) is 5.65. The molecule has 0 unspecified atom stereocenters. The van der Waals surface area contributed by atoms with Crippen LogP contribution in [0, 0.1) is 0 Å². The third kappa shape index (κ3) is 2.75. The van der Waals surface area contributed by atoms with E-state index in [0.717, 1.165) is 24.2 Å². The molecule has 2 rings (SSSR count). The smallest absolute Gasteiger partial charge is 0.143 e. The minimum Gasteiger partial charge on any atom is -0.496 e. The summed E-state index contributed by atoms with van der Waals surface area (Å²) in [6.45, 7) is 0. The van der Waals surface area contributed by atoms with E-state index in [0.29, 0.717) is 0 Å². The maximum Gasteiger partial charge on any atom is 0.143 e. The molecule has 0 heterocycles. The fraction of sp³-hybridized carbons (Fsp3) is 0.462. The van der Waals surface area contributed by atoms with Crippen molar-refractivity contribution in [1.29, 1.82) is 0 Å². The van der Waals surface area contributed by atoms with Crippen molar-refractivity contribution in [2.75, 3.05) is 7.11 Å². The molecule has 1 fully saturated rings. The predicted molar refractivity (Wildman–Crippen MR) is 62.9 cm³/mol. The van der Waals surface area contributed by atoms with Gasteiger partial charge in [-0.2, -0.15) is 0 Å². The molecule has 1 aliphatic carbocycles. The van der Waals surface area contributed by atoms with Gasteiger partial charge in [-0.1, -0.05) is 17.3 Å². The normalized spacial score (nSPS) is 16.8. The van der Waals surface area contributed by atoms with E-state index in [-0.39, 0.29) is 6.10 Å². The quantitative estimate of drug-likeness (QED) is 0.574. The van der Waals surface area contributed by atoms with E-state index in [4.69, 9.17) is 9.57 Å². The highest BCUT2D eigenvalue weighted by atomic mass is 16.6. The van der Waals surface area contributed by atoms with Gasteiger partial charge in [-0.3, -0.25) is 0 Å². The summed E-state index contributed by atoms with van der Waals surface area (Å²) in [6, 6.07) is 7.63. The molecule has 16 heavy (non-hydrogen) atoms. The highest BCUT2D eigenvalue weighted by molar-refractivity contribution is 5.82. The van der Waals surface area contributed by atoms with E-state index in [2.05, 4.69) is 11.4 Å². The minimum absolute atomic E-state index is 0.280. The van der Waals surface area contributed by atoms with Crippen molar-refractivity contribution in [3.05, 3.63) is 29.8 Å². The first kappa shape index (κ1) is 11.0. The number of methoxy groups -OCH3 is 1. The summed E-state index contributed by atoms with van der Waals surface area (Å²) in [6.07, 6.45) is 7.85. The molecule has 1 saturated carbocycles. The van der Waals surface area contributed by atoms with Crippen LogP contribution in [0.15, 0.2) is 29.4 Å². The van der Waals surface area contributed by atoms with Crippen molar-refractivity contribution in [1.82, 2.24) is 0 Å². The summed E-state index contributed by atoms with van der Waals surface area (Å²) in [5, 5.41) is 3.90. The number of nitrogens with zero attached hydrogens (tertiary/aromatic N) is 1. The van der Waals surface area contributed by atoms with Crippen molar-refractivity contribution < 1.29 is 9.57 Å². The van der Waals surface area contributed by atoms with Gasteiger partial charge in [0, 0.05) is 5.56 Å². The van der Waals surface area contributed by atoms with Crippen LogP contribution in [0.1, 0.15) is 31.2 Å². The Balaban J connectivity index is 1.94. The Labute approximate surface area is 96.1 Å². The van der Waals surface area contributed by atoms with Crippen molar-refractivity contribution in [3.8, 4) is 5.75 Å². The molecule has 0 atom stereocenters. The van der Waals surface area contributed by atoms with Gasteiger partial charge < -0.3 is 9.57 Å². The molecule has 1 aliphatic rings. The van der Waals surface area contributed by atoms with Gasteiger partial charge >= 0.3 is 0 Å². The molecule has 1 aromatic rings. The molecule has 0 saturated heterocycles. The predicted octanol–water partition coefficient (Wildman–Crippen LogP) is 2.87. The van der Waals surface area contributed by atoms with Crippen LogP contribution >= 0.6 is 0 Å². The SMILES string of the molecule is COc1ccccc1/[C]=N/OC1CCCC1. The number of hydrogen-bond acceptors (Lipinski definition) is 3. The number of hydrogen-bond donors (Lipinski definition) is 0. The fourth-order valence-corrected chi connectivity index (χ4v) is 1.88. The Bertz CT molecular complexity index is 357. The second-order valence-electron chi connectivity index (χ2n) is 3.92. The lowest BCUT2D eigenvalue weighted by atomic mass is 10.2. The molecule has 0 bridgehead atoms. The Kier molecular flexibility index (Phi) is 3.81. The van der Waals surface area contributed by atoms with Crippen LogP contribution in [-0.4, -0.2) is 19.4 Å². The monoisotopic (exact) mass is 218 g/mol. The zero-order chi connectivity index (χ0) is 11.2. The van der Waals surface area contributed by atoms with Crippen LogP contribution in [0.3, 0.4) is 0 Å². The minimum atomic E-state index is 0.280. The molecular formula is C13H16NO2. The van der Waals surface area contributed by atoms with E-state index in [1.807, 2.05) is 24.3 Å². The van der Waals surface area contributed by atoms with E-state index in [1.54, 1.807) is 7.11 Å². The molecule has 1 aromatic carbocycles. The lowest BCUT2D eigenvalue weighted by Gasteiger charge is -2.06. The Morgan fingerprint density at radius 2 is 2.00 bits per heavy atom. The van der Waals surface area contributed by atoms with E-state index >= 15 is 0 Å². The standard InChI is InChI=1S/C13H16NO2/c1-15-13-9-5-2-6-11(13)10-14-16-12-7-3-4-8-12/h2,5-6,9,12H,3-4,7-8H2,1H3. The second-order valence-corrected chi connectivity index (χ2v) is 3.92. The van der Waals surface area contributed by atoms with Gasteiger partial charge in [0.1, 0.15) is 18.1 Å². The molecule has 1 radical (unpaired) electrons.